The van der Waals surface area contributed by atoms with Crippen LogP contribution in [0.2, 0.25) is 0 Å². The van der Waals surface area contributed by atoms with E-state index in [-0.39, 0.29) is 11.6 Å². The molecule has 3 aromatic rings. The number of pyridine rings is 2. The van der Waals surface area contributed by atoms with Crippen LogP contribution in [0.25, 0.3) is 21.7 Å². The summed E-state index contributed by atoms with van der Waals surface area (Å²) in [6.45, 7) is 4.72. The van der Waals surface area contributed by atoms with Gasteiger partial charge < -0.3 is 19.8 Å². The van der Waals surface area contributed by atoms with Crippen molar-refractivity contribution in [1.82, 2.24) is 9.55 Å². The van der Waals surface area contributed by atoms with Crippen molar-refractivity contribution in [3.8, 4) is 11.6 Å². The lowest BCUT2D eigenvalue weighted by atomic mass is 10.1. The van der Waals surface area contributed by atoms with Gasteiger partial charge in [0.15, 0.2) is 0 Å². The first-order valence-corrected chi connectivity index (χ1v) is 8.76. The minimum absolute atomic E-state index is 0.0125. The lowest BCUT2D eigenvalue weighted by Crippen LogP contribution is -2.29. The summed E-state index contributed by atoms with van der Waals surface area (Å²) in [4.78, 5) is 17.0. The number of nitrogens with two attached hydrogens (primary N) is 1. The van der Waals surface area contributed by atoms with E-state index in [4.69, 9.17) is 15.2 Å². The van der Waals surface area contributed by atoms with E-state index in [0.717, 1.165) is 22.7 Å². The highest BCUT2D eigenvalue weighted by Crippen LogP contribution is 2.29. The Kier molecular flexibility index (Phi) is 5.13. The molecule has 2 aromatic heterocycles. The number of nitrogens with zero attached hydrogens (tertiary/aromatic N) is 2. The minimum Gasteiger partial charge on any atom is -0.492 e. The number of fused-ring (bicyclic) bond motifs is 3. The predicted octanol–water partition coefficient (Wildman–Crippen LogP) is 2.85. The van der Waals surface area contributed by atoms with Crippen molar-refractivity contribution in [2.75, 3.05) is 13.7 Å². The standard InChI is InChI=1S/C20H25N3O3/c1-12(2)9-13(21)11-26-14-5-6-15-16-7-8-22-19(25-4)18(16)20(24)23(3)17(15)10-14/h5-8,10,12-13H,9,11,21H2,1-4H3. The molecule has 3 rings (SSSR count). The van der Waals surface area contributed by atoms with Crippen molar-refractivity contribution in [3.63, 3.8) is 0 Å². The molecule has 0 bridgehead atoms. The lowest BCUT2D eigenvalue weighted by Gasteiger charge is -2.16. The molecule has 138 valence electrons. The van der Waals surface area contributed by atoms with E-state index in [2.05, 4.69) is 18.8 Å². The third kappa shape index (κ3) is 3.37. The molecule has 0 spiro atoms. The van der Waals surface area contributed by atoms with E-state index in [9.17, 15) is 4.79 Å². The van der Waals surface area contributed by atoms with Gasteiger partial charge >= 0.3 is 0 Å². The zero-order valence-corrected chi connectivity index (χ0v) is 15.7. The van der Waals surface area contributed by atoms with Crippen molar-refractivity contribution in [2.24, 2.45) is 18.7 Å². The fourth-order valence-corrected chi connectivity index (χ4v) is 3.29. The zero-order chi connectivity index (χ0) is 18.8. The second kappa shape index (κ2) is 7.33. The molecule has 0 radical (unpaired) electrons. The van der Waals surface area contributed by atoms with Gasteiger partial charge in [-0.1, -0.05) is 13.8 Å². The molecule has 0 saturated heterocycles. The average Bonchev–Trinajstić information content (AvgIpc) is 2.63. The van der Waals surface area contributed by atoms with Crippen molar-refractivity contribution >= 4 is 21.7 Å². The fourth-order valence-electron chi connectivity index (χ4n) is 3.29. The van der Waals surface area contributed by atoms with Crippen LogP contribution in [0, 0.1) is 5.92 Å². The number of methoxy groups -OCH3 is 1. The quantitative estimate of drug-likeness (QED) is 0.688. The molecule has 0 amide bonds. The average molecular weight is 355 g/mol. The van der Waals surface area contributed by atoms with Gasteiger partial charge in [0, 0.05) is 36.1 Å². The first kappa shape index (κ1) is 18.2. The summed E-state index contributed by atoms with van der Waals surface area (Å²) in [6, 6.07) is 7.56. The van der Waals surface area contributed by atoms with Crippen LogP contribution in [0.5, 0.6) is 11.6 Å². The van der Waals surface area contributed by atoms with Crippen LogP contribution < -0.4 is 20.8 Å². The maximum Gasteiger partial charge on any atom is 0.264 e. The van der Waals surface area contributed by atoms with Crippen molar-refractivity contribution in [1.29, 1.82) is 0 Å². The van der Waals surface area contributed by atoms with Crippen LogP contribution >= 0.6 is 0 Å². The Morgan fingerprint density at radius 2 is 2.00 bits per heavy atom. The normalized spacial score (nSPS) is 12.7. The van der Waals surface area contributed by atoms with Gasteiger partial charge in [-0.05, 0) is 30.5 Å². The van der Waals surface area contributed by atoms with Crippen LogP contribution in [-0.4, -0.2) is 29.3 Å². The second-order valence-electron chi connectivity index (χ2n) is 6.99. The number of ether oxygens (including phenoxy) is 2. The first-order chi connectivity index (χ1) is 12.4. The predicted molar refractivity (Wildman–Crippen MR) is 104 cm³/mol. The molecule has 6 nitrogen and oxygen atoms in total. The molecular formula is C20H25N3O3. The lowest BCUT2D eigenvalue weighted by molar-refractivity contribution is 0.271. The van der Waals surface area contributed by atoms with Gasteiger partial charge in [-0.25, -0.2) is 4.98 Å². The van der Waals surface area contributed by atoms with E-state index < -0.39 is 0 Å². The largest absolute Gasteiger partial charge is 0.492 e. The highest BCUT2D eigenvalue weighted by atomic mass is 16.5. The molecule has 0 aliphatic carbocycles. The Morgan fingerprint density at radius 1 is 1.23 bits per heavy atom. The third-order valence-electron chi connectivity index (χ3n) is 4.49. The topological polar surface area (TPSA) is 79.4 Å². The van der Waals surface area contributed by atoms with Crippen LogP contribution in [0.15, 0.2) is 35.3 Å². The molecule has 0 fully saturated rings. The van der Waals surface area contributed by atoms with Crippen LogP contribution in [0.3, 0.4) is 0 Å². The van der Waals surface area contributed by atoms with Crippen molar-refractivity contribution in [2.45, 2.75) is 26.3 Å². The van der Waals surface area contributed by atoms with Crippen LogP contribution in [0.1, 0.15) is 20.3 Å². The number of aryl methyl sites for hydroxylation is 1. The summed E-state index contributed by atoms with van der Waals surface area (Å²) >= 11 is 0. The van der Waals surface area contributed by atoms with Crippen molar-refractivity contribution < 1.29 is 9.47 Å². The molecule has 1 atom stereocenters. The van der Waals surface area contributed by atoms with Gasteiger partial charge in [-0.3, -0.25) is 4.79 Å². The molecule has 1 unspecified atom stereocenters. The van der Waals surface area contributed by atoms with E-state index in [1.165, 1.54) is 7.11 Å². The highest BCUT2D eigenvalue weighted by molar-refractivity contribution is 6.07. The Hall–Kier alpha value is -2.60. The molecule has 26 heavy (non-hydrogen) atoms. The van der Waals surface area contributed by atoms with Gasteiger partial charge in [0.1, 0.15) is 17.7 Å². The third-order valence-corrected chi connectivity index (χ3v) is 4.49. The fraction of sp³-hybridized carbons (Fsp3) is 0.400. The number of rotatable bonds is 6. The molecule has 0 aliphatic rings. The number of hydrogen-bond acceptors (Lipinski definition) is 5. The highest BCUT2D eigenvalue weighted by Gasteiger charge is 2.14. The van der Waals surface area contributed by atoms with E-state index in [1.807, 2.05) is 24.3 Å². The van der Waals surface area contributed by atoms with Crippen LogP contribution in [0.4, 0.5) is 0 Å². The Labute approximate surface area is 152 Å². The second-order valence-corrected chi connectivity index (χ2v) is 6.99. The van der Waals surface area contributed by atoms with E-state index in [0.29, 0.717) is 29.5 Å². The Balaban J connectivity index is 2.04. The molecule has 2 N–H and O–H groups in total. The molecule has 2 heterocycles. The summed E-state index contributed by atoms with van der Waals surface area (Å²) in [6.07, 6.45) is 2.55. The zero-order valence-electron chi connectivity index (χ0n) is 15.7. The van der Waals surface area contributed by atoms with E-state index in [1.54, 1.807) is 17.8 Å². The van der Waals surface area contributed by atoms with Crippen molar-refractivity contribution in [3.05, 3.63) is 40.8 Å². The number of aromatic nitrogens is 2. The van der Waals surface area contributed by atoms with Gasteiger partial charge in [-0.2, -0.15) is 0 Å². The number of benzene rings is 1. The summed E-state index contributed by atoms with van der Waals surface area (Å²) in [5, 5.41) is 2.25. The maximum atomic E-state index is 12.8. The minimum atomic E-state index is -0.147. The molecule has 0 aliphatic heterocycles. The van der Waals surface area contributed by atoms with Gasteiger partial charge in [-0.15, -0.1) is 0 Å². The van der Waals surface area contributed by atoms with Gasteiger partial charge in [0.25, 0.3) is 5.56 Å². The first-order valence-electron chi connectivity index (χ1n) is 8.76. The molecule has 6 heteroatoms. The molecular weight excluding hydrogens is 330 g/mol. The molecule has 1 aromatic carbocycles. The number of hydrogen-bond donors (Lipinski definition) is 1. The SMILES string of the molecule is COc1nccc2c1c(=O)n(C)c1cc(OCC(N)CC(C)C)ccc21. The van der Waals surface area contributed by atoms with E-state index >= 15 is 0 Å². The summed E-state index contributed by atoms with van der Waals surface area (Å²) in [5.41, 5.74) is 6.74. The molecule has 0 saturated carbocycles. The monoisotopic (exact) mass is 355 g/mol. The smallest absolute Gasteiger partial charge is 0.264 e. The Morgan fingerprint density at radius 3 is 2.69 bits per heavy atom. The van der Waals surface area contributed by atoms with Gasteiger partial charge in [0.05, 0.1) is 12.6 Å². The summed E-state index contributed by atoms with van der Waals surface area (Å²) in [5.74, 6) is 1.57. The summed E-state index contributed by atoms with van der Waals surface area (Å²) in [7, 11) is 3.26. The Bertz CT molecular complexity index is 995. The summed E-state index contributed by atoms with van der Waals surface area (Å²) < 4.78 is 12.7. The van der Waals surface area contributed by atoms with Gasteiger partial charge in [0.2, 0.25) is 5.88 Å². The van der Waals surface area contributed by atoms with Crippen LogP contribution in [-0.2, 0) is 7.05 Å². The maximum absolute atomic E-state index is 12.8.